The molecule has 4 heteroatoms. The van der Waals surface area contributed by atoms with Gasteiger partial charge in [-0.2, -0.15) is 0 Å². The summed E-state index contributed by atoms with van der Waals surface area (Å²) in [4.78, 5) is 0. The Morgan fingerprint density at radius 1 is 1.20 bits per heavy atom. The predicted molar refractivity (Wildman–Crippen MR) is 82.0 cm³/mol. The van der Waals surface area contributed by atoms with Crippen LogP contribution in [0.4, 0.5) is 0 Å². The number of hydrogen-bond donors (Lipinski definition) is 3. The number of nitrogens with one attached hydrogen (secondary N) is 1. The fourth-order valence-electron chi connectivity index (χ4n) is 2.71. The smallest absolute Gasteiger partial charge is 0.121 e. The zero-order chi connectivity index (χ0) is 14.8. The average molecular weight is 298 g/mol. The van der Waals surface area contributed by atoms with E-state index >= 15 is 0 Å². The molecule has 1 saturated carbocycles. The fourth-order valence-corrected chi connectivity index (χ4v) is 2.95. The van der Waals surface area contributed by atoms with E-state index < -0.39 is 5.60 Å². The van der Waals surface area contributed by atoms with E-state index in [0.717, 1.165) is 25.7 Å². The van der Waals surface area contributed by atoms with Crippen LogP contribution in [-0.2, 0) is 6.54 Å². The Hall–Kier alpha value is -0.770. The van der Waals surface area contributed by atoms with Crippen molar-refractivity contribution >= 4 is 11.6 Å². The lowest BCUT2D eigenvalue weighted by molar-refractivity contribution is -0.0245. The lowest BCUT2D eigenvalue weighted by Gasteiger charge is -2.40. The summed E-state index contributed by atoms with van der Waals surface area (Å²) in [5, 5.41) is 24.1. The van der Waals surface area contributed by atoms with E-state index in [9.17, 15) is 10.2 Å². The lowest BCUT2D eigenvalue weighted by atomic mass is 9.71. The Labute approximate surface area is 126 Å². The first kappa shape index (κ1) is 15.6. The van der Waals surface area contributed by atoms with Crippen molar-refractivity contribution in [1.82, 2.24) is 5.32 Å². The molecular weight excluding hydrogens is 274 g/mol. The van der Waals surface area contributed by atoms with Gasteiger partial charge >= 0.3 is 0 Å². The highest BCUT2D eigenvalue weighted by molar-refractivity contribution is 6.31. The summed E-state index contributed by atoms with van der Waals surface area (Å²) in [5.41, 5.74) is 0.397. The van der Waals surface area contributed by atoms with Crippen LogP contribution in [0.5, 0.6) is 5.75 Å². The summed E-state index contributed by atoms with van der Waals surface area (Å²) in [7, 11) is 0. The third-order valence-corrected chi connectivity index (χ3v) is 4.74. The van der Waals surface area contributed by atoms with E-state index in [4.69, 9.17) is 11.6 Å². The number of aromatic hydroxyl groups is 1. The molecule has 1 aromatic carbocycles. The molecule has 0 saturated heterocycles. The van der Waals surface area contributed by atoms with Gasteiger partial charge in [-0.15, -0.1) is 0 Å². The molecular formula is C16H24ClNO2. The number of rotatable bonds is 4. The summed E-state index contributed by atoms with van der Waals surface area (Å²) in [6.45, 7) is 5.51. The SMILES string of the molecule is CC1(C)CCC(O)(CNCc2c(O)cccc2Cl)CC1. The van der Waals surface area contributed by atoms with Gasteiger partial charge in [0, 0.05) is 23.7 Å². The second kappa shape index (κ2) is 5.92. The molecule has 1 aromatic rings. The van der Waals surface area contributed by atoms with Crippen molar-refractivity contribution in [2.75, 3.05) is 6.54 Å². The summed E-state index contributed by atoms with van der Waals surface area (Å²) in [6.07, 6.45) is 3.73. The summed E-state index contributed by atoms with van der Waals surface area (Å²) >= 11 is 6.06. The van der Waals surface area contributed by atoms with Gasteiger partial charge in [-0.05, 0) is 43.2 Å². The van der Waals surface area contributed by atoms with Gasteiger partial charge in [-0.25, -0.2) is 0 Å². The van der Waals surface area contributed by atoms with Gasteiger partial charge in [-0.1, -0.05) is 31.5 Å². The van der Waals surface area contributed by atoms with Gasteiger partial charge in [0.2, 0.25) is 0 Å². The second-order valence-electron chi connectivity index (χ2n) is 6.73. The molecule has 0 amide bonds. The van der Waals surface area contributed by atoms with E-state index in [2.05, 4.69) is 19.2 Å². The maximum absolute atomic E-state index is 10.6. The molecule has 0 aromatic heterocycles. The van der Waals surface area contributed by atoms with Crippen molar-refractivity contribution in [2.24, 2.45) is 5.41 Å². The number of phenols is 1. The van der Waals surface area contributed by atoms with Crippen molar-refractivity contribution in [2.45, 2.75) is 51.7 Å². The number of phenolic OH excluding ortho intramolecular Hbond substituents is 1. The monoisotopic (exact) mass is 297 g/mol. The molecule has 0 heterocycles. The van der Waals surface area contributed by atoms with Crippen molar-refractivity contribution in [3.63, 3.8) is 0 Å². The standard InChI is InChI=1S/C16H24ClNO2/c1-15(2)6-8-16(20,9-7-15)11-18-10-12-13(17)4-3-5-14(12)19/h3-5,18-20H,6-11H2,1-2H3. The number of aliphatic hydroxyl groups is 1. The van der Waals surface area contributed by atoms with Gasteiger partial charge in [0.1, 0.15) is 5.75 Å². The summed E-state index contributed by atoms with van der Waals surface area (Å²) in [5.74, 6) is 0.196. The van der Waals surface area contributed by atoms with E-state index in [1.54, 1.807) is 18.2 Å². The fraction of sp³-hybridized carbons (Fsp3) is 0.625. The molecule has 0 radical (unpaired) electrons. The van der Waals surface area contributed by atoms with Crippen LogP contribution in [0, 0.1) is 5.41 Å². The number of hydrogen-bond acceptors (Lipinski definition) is 3. The van der Waals surface area contributed by atoms with Crippen LogP contribution in [-0.4, -0.2) is 22.4 Å². The molecule has 0 atom stereocenters. The first-order chi connectivity index (χ1) is 9.31. The first-order valence-electron chi connectivity index (χ1n) is 7.21. The van der Waals surface area contributed by atoms with Crippen molar-refractivity contribution in [3.8, 4) is 5.75 Å². The summed E-state index contributed by atoms with van der Waals surface area (Å²) < 4.78 is 0. The minimum atomic E-state index is -0.633. The molecule has 1 aliphatic rings. The minimum absolute atomic E-state index is 0.196. The molecule has 0 spiro atoms. The van der Waals surface area contributed by atoms with Gasteiger partial charge in [0.05, 0.1) is 5.60 Å². The van der Waals surface area contributed by atoms with Gasteiger partial charge in [-0.3, -0.25) is 0 Å². The zero-order valence-corrected chi connectivity index (χ0v) is 13.0. The second-order valence-corrected chi connectivity index (χ2v) is 7.14. The molecule has 1 aliphatic carbocycles. The van der Waals surface area contributed by atoms with Crippen molar-refractivity contribution in [1.29, 1.82) is 0 Å². The first-order valence-corrected chi connectivity index (χ1v) is 7.59. The minimum Gasteiger partial charge on any atom is -0.508 e. The highest BCUT2D eigenvalue weighted by atomic mass is 35.5. The van der Waals surface area contributed by atoms with Crippen molar-refractivity contribution in [3.05, 3.63) is 28.8 Å². The van der Waals surface area contributed by atoms with Crippen LogP contribution in [0.3, 0.4) is 0 Å². The van der Waals surface area contributed by atoms with Gasteiger partial charge in [0.15, 0.2) is 0 Å². The van der Waals surface area contributed by atoms with Crippen LogP contribution in [0.1, 0.15) is 45.1 Å². The van der Waals surface area contributed by atoms with Crippen LogP contribution in [0.25, 0.3) is 0 Å². The quantitative estimate of drug-likeness (QED) is 0.797. The highest BCUT2D eigenvalue weighted by Gasteiger charge is 2.36. The summed E-state index contributed by atoms with van der Waals surface area (Å²) in [6, 6.07) is 5.11. The van der Waals surface area contributed by atoms with Crippen LogP contribution in [0.15, 0.2) is 18.2 Å². The molecule has 0 unspecified atom stereocenters. The molecule has 3 N–H and O–H groups in total. The molecule has 0 bridgehead atoms. The Morgan fingerprint density at radius 3 is 2.45 bits per heavy atom. The van der Waals surface area contributed by atoms with Crippen LogP contribution in [0.2, 0.25) is 5.02 Å². The maximum atomic E-state index is 10.6. The normalized spacial score (nSPS) is 20.8. The van der Waals surface area contributed by atoms with E-state index in [-0.39, 0.29) is 5.75 Å². The van der Waals surface area contributed by atoms with Gasteiger partial charge < -0.3 is 15.5 Å². The number of benzene rings is 1. The molecule has 20 heavy (non-hydrogen) atoms. The number of halogens is 1. The third-order valence-electron chi connectivity index (χ3n) is 4.38. The largest absolute Gasteiger partial charge is 0.508 e. The topological polar surface area (TPSA) is 52.5 Å². The van der Waals surface area contributed by atoms with Crippen LogP contribution < -0.4 is 5.32 Å². The molecule has 2 rings (SSSR count). The Balaban J connectivity index is 1.87. The van der Waals surface area contributed by atoms with E-state index in [0.29, 0.717) is 29.1 Å². The average Bonchev–Trinajstić information content (AvgIpc) is 2.38. The molecule has 1 fully saturated rings. The Morgan fingerprint density at radius 2 is 1.85 bits per heavy atom. The highest BCUT2D eigenvalue weighted by Crippen LogP contribution is 2.39. The van der Waals surface area contributed by atoms with Crippen LogP contribution >= 0.6 is 11.6 Å². The van der Waals surface area contributed by atoms with Crippen molar-refractivity contribution < 1.29 is 10.2 Å². The maximum Gasteiger partial charge on any atom is 0.121 e. The Bertz CT molecular complexity index is 443. The lowest BCUT2D eigenvalue weighted by Crippen LogP contribution is -2.44. The zero-order valence-electron chi connectivity index (χ0n) is 12.2. The third kappa shape index (κ3) is 3.87. The Kier molecular flexibility index (Phi) is 4.62. The van der Waals surface area contributed by atoms with Gasteiger partial charge in [0.25, 0.3) is 0 Å². The predicted octanol–water partition coefficient (Wildman–Crippen LogP) is 3.47. The van der Waals surface area contributed by atoms with E-state index in [1.165, 1.54) is 0 Å². The molecule has 0 aliphatic heterocycles. The molecule has 112 valence electrons. The molecule has 3 nitrogen and oxygen atoms in total. The van der Waals surface area contributed by atoms with E-state index in [1.807, 2.05) is 0 Å².